The molecule has 2 heterocycles. The molecule has 0 aliphatic carbocycles. The number of fused-ring (bicyclic) bond motifs is 1. The van der Waals surface area contributed by atoms with Crippen LogP contribution in [0.2, 0.25) is 0 Å². The number of amides is 1. The fourth-order valence-corrected chi connectivity index (χ4v) is 3.99. The third-order valence-corrected chi connectivity index (χ3v) is 5.46. The van der Waals surface area contributed by atoms with Gasteiger partial charge in [-0.05, 0) is 37.3 Å². The van der Waals surface area contributed by atoms with Crippen LogP contribution in [0.5, 0.6) is 0 Å². The molecular weight excluding hydrogens is 306 g/mol. The SMILES string of the molecule is CC(C)CCNC(=O)C1CCCN(c2nc3ccccc3s2)C1. The molecule has 1 N–H and O–H groups in total. The second-order valence-electron chi connectivity index (χ2n) is 6.72. The van der Waals surface area contributed by atoms with E-state index in [-0.39, 0.29) is 11.8 Å². The molecular formula is C18H25N3OS. The molecule has 1 aromatic heterocycles. The Labute approximate surface area is 141 Å². The number of carbonyl (C=O) groups is 1. The minimum atomic E-state index is 0.0860. The molecule has 124 valence electrons. The van der Waals surface area contributed by atoms with Crippen LogP contribution < -0.4 is 10.2 Å². The van der Waals surface area contributed by atoms with Gasteiger partial charge in [-0.1, -0.05) is 37.3 Å². The quantitative estimate of drug-likeness (QED) is 0.909. The predicted octanol–water partition coefficient (Wildman–Crippen LogP) is 3.68. The predicted molar refractivity (Wildman–Crippen MR) is 97.0 cm³/mol. The largest absolute Gasteiger partial charge is 0.356 e. The number of rotatable bonds is 5. The van der Waals surface area contributed by atoms with Gasteiger partial charge in [0.05, 0.1) is 16.1 Å². The number of thiazole rings is 1. The van der Waals surface area contributed by atoms with Crippen LogP contribution in [0.25, 0.3) is 10.2 Å². The molecule has 3 rings (SSSR count). The van der Waals surface area contributed by atoms with Crippen LogP contribution in [0.4, 0.5) is 5.13 Å². The van der Waals surface area contributed by atoms with Crippen LogP contribution in [0.15, 0.2) is 24.3 Å². The van der Waals surface area contributed by atoms with Crippen LogP contribution in [-0.2, 0) is 4.79 Å². The summed E-state index contributed by atoms with van der Waals surface area (Å²) in [6, 6.07) is 8.23. The minimum absolute atomic E-state index is 0.0860. The fraction of sp³-hybridized carbons (Fsp3) is 0.556. The second-order valence-corrected chi connectivity index (χ2v) is 7.73. The number of para-hydroxylation sites is 1. The molecule has 1 fully saturated rings. The summed E-state index contributed by atoms with van der Waals surface area (Å²) in [5.41, 5.74) is 1.05. The van der Waals surface area contributed by atoms with Crippen molar-refractivity contribution in [3.63, 3.8) is 0 Å². The van der Waals surface area contributed by atoms with Crippen molar-refractivity contribution < 1.29 is 4.79 Å². The van der Waals surface area contributed by atoms with E-state index in [1.807, 2.05) is 12.1 Å². The highest BCUT2D eigenvalue weighted by Crippen LogP contribution is 2.31. The lowest BCUT2D eigenvalue weighted by Gasteiger charge is -2.31. The summed E-state index contributed by atoms with van der Waals surface area (Å²) in [5, 5.41) is 4.15. The summed E-state index contributed by atoms with van der Waals surface area (Å²) in [6.07, 6.45) is 3.08. The van der Waals surface area contributed by atoms with Gasteiger partial charge in [-0.3, -0.25) is 4.79 Å². The van der Waals surface area contributed by atoms with Gasteiger partial charge in [0, 0.05) is 19.6 Å². The van der Waals surface area contributed by atoms with Crippen molar-refractivity contribution >= 4 is 32.6 Å². The summed E-state index contributed by atoms with van der Waals surface area (Å²) in [4.78, 5) is 19.4. The van der Waals surface area contributed by atoms with Crippen molar-refractivity contribution in [1.29, 1.82) is 0 Å². The molecule has 1 aliphatic heterocycles. The molecule has 4 nitrogen and oxygen atoms in total. The zero-order valence-corrected chi connectivity index (χ0v) is 14.7. The van der Waals surface area contributed by atoms with Gasteiger partial charge in [0.2, 0.25) is 5.91 Å². The van der Waals surface area contributed by atoms with Gasteiger partial charge in [0.15, 0.2) is 5.13 Å². The number of benzene rings is 1. The van der Waals surface area contributed by atoms with Gasteiger partial charge in [-0.15, -0.1) is 0 Å². The van der Waals surface area contributed by atoms with Crippen LogP contribution in [-0.4, -0.2) is 30.5 Å². The first-order valence-electron chi connectivity index (χ1n) is 8.51. The highest BCUT2D eigenvalue weighted by atomic mass is 32.1. The van der Waals surface area contributed by atoms with Crippen LogP contribution in [0, 0.1) is 11.8 Å². The number of hydrogen-bond acceptors (Lipinski definition) is 4. The second kappa shape index (κ2) is 7.30. The zero-order chi connectivity index (χ0) is 16.2. The Morgan fingerprint density at radius 2 is 2.26 bits per heavy atom. The lowest BCUT2D eigenvalue weighted by Crippen LogP contribution is -2.43. The molecule has 1 unspecified atom stereocenters. The Balaban J connectivity index is 1.62. The van der Waals surface area contributed by atoms with Crippen molar-refractivity contribution in [1.82, 2.24) is 10.3 Å². The van der Waals surface area contributed by atoms with Gasteiger partial charge in [0.1, 0.15) is 0 Å². The van der Waals surface area contributed by atoms with E-state index >= 15 is 0 Å². The van der Waals surface area contributed by atoms with E-state index in [0.717, 1.165) is 49.5 Å². The summed E-state index contributed by atoms with van der Waals surface area (Å²) < 4.78 is 1.21. The maximum atomic E-state index is 12.4. The number of aromatic nitrogens is 1. The zero-order valence-electron chi connectivity index (χ0n) is 13.9. The Morgan fingerprint density at radius 3 is 3.04 bits per heavy atom. The van der Waals surface area contributed by atoms with Crippen molar-refractivity contribution in [2.45, 2.75) is 33.1 Å². The van der Waals surface area contributed by atoms with E-state index in [9.17, 15) is 4.79 Å². The first kappa shape index (κ1) is 16.2. The molecule has 1 saturated heterocycles. The summed E-state index contributed by atoms with van der Waals surface area (Å²) >= 11 is 1.72. The Morgan fingerprint density at radius 1 is 1.43 bits per heavy atom. The summed E-state index contributed by atoms with van der Waals surface area (Å²) in [5.74, 6) is 0.917. The van der Waals surface area contributed by atoms with E-state index in [1.54, 1.807) is 11.3 Å². The van der Waals surface area contributed by atoms with Gasteiger partial charge in [0.25, 0.3) is 0 Å². The van der Waals surface area contributed by atoms with E-state index < -0.39 is 0 Å². The van der Waals surface area contributed by atoms with Crippen LogP contribution >= 0.6 is 11.3 Å². The maximum Gasteiger partial charge on any atom is 0.224 e. The molecule has 1 amide bonds. The molecule has 1 aromatic carbocycles. The minimum Gasteiger partial charge on any atom is -0.356 e. The Bertz CT molecular complexity index is 634. The molecule has 0 spiro atoms. The summed E-state index contributed by atoms with van der Waals surface area (Å²) in [6.45, 7) is 6.93. The van der Waals surface area contributed by atoms with E-state index in [4.69, 9.17) is 4.98 Å². The summed E-state index contributed by atoms with van der Waals surface area (Å²) in [7, 11) is 0. The highest BCUT2D eigenvalue weighted by Gasteiger charge is 2.27. The van der Waals surface area contributed by atoms with Crippen molar-refractivity contribution in [2.75, 3.05) is 24.5 Å². The maximum absolute atomic E-state index is 12.4. The van der Waals surface area contributed by atoms with Gasteiger partial charge < -0.3 is 10.2 Å². The average molecular weight is 331 g/mol. The number of anilines is 1. The number of piperidine rings is 1. The number of nitrogens with one attached hydrogen (secondary N) is 1. The first-order chi connectivity index (χ1) is 11.1. The Kier molecular flexibility index (Phi) is 5.16. The number of hydrogen-bond donors (Lipinski definition) is 1. The average Bonchev–Trinajstić information content (AvgIpc) is 2.98. The lowest BCUT2D eigenvalue weighted by molar-refractivity contribution is -0.125. The monoisotopic (exact) mass is 331 g/mol. The van der Waals surface area contributed by atoms with Crippen molar-refractivity contribution in [2.24, 2.45) is 11.8 Å². The lowest BCUT2D eigenvalue weighted by atomic mass is 9.97. The van der Waals surface area contributed by atoms with Crippen LogP contribution in [0.1, 0.15) is 33.1 Å². The van der Waals surface area contributed by atoms with Gasteiger partial charge in [-0.2, -0.15) is 0 Å². The smallest absolute Gasteiger partial charge is 0.224 e. The molecule has 5 heteroatoms. The third-order valence-electron chi connectivity index (χ3n) is 4.37. The van der Waals surface area contributed by atoms with Gasteiger partial charge >= 0.3 is 0 Å². The first-order valence-corrected chi connectivity index (χ1v) is 9.33. The normalized spacial score (nSPS) is 18.6. The standard InChI is InChI=1S/C18H25N3OS/c1-13(2)9-10-19-17(22)14-6-5-11-21(12-14)18-20-15-7-3-4-8-16(15)23-18/h3-4,7-8,13-14H,5-6,9-12H2,1-2H3,(H,19,22). The fourth-order valence-electron chi connectivity index (χ4n) is 2.99. The number of nitrogens with zero attached hydrogens (tertiary/aromatic N) is 2. The molecule has 0 bridgehead atoms. The topological polar surface area (TPSA) is 45.2 Å². The van der Waals surface area contributed by atoms with E-state index in [0.29, 0.717) is 5.92 Å². The highest BCUT2D eigenvalue weighted by molar-refractivity contribution is 7.22. The molecule has 23 heavy (non-hydrogen) atoms. The van der Waals surface area contributed by atoms with Crippen molar-refractivity contribution in [3.05, 3.63) is 24.3 Å². The van der Waals surface area contributed by atoms with Crippen LogP contribution in [0.3, 0.4) is 0 Å². The third kappa shape index (κ3) is 4.02. The van der Waals surface area contributed by atoms with E-state index in [1.165, 1.54) is 4.70 Å². The van der Waals surface area contributed by atoms with Gasteiger partial charge in [-0.25, -0.2) is 4.98 Å². The van der Waals surface area contributed by atoms with Crippen molar-refractivity contribution in [3.8, 4) is 0 Å². The number of carbonyl (C=O) groups excluding carboxylic acids is 1. The Hall–Kier alpha value is -1.62. The molecule has 0 saturated carbocycles. The molecule has 2 aromatic rings. The molecule has 1 aliphatic rings. The molecule has 0 radical (unpaired) electrons. The molecule has 1 atom stereocenters. The van der Waals surface area contributed by atoms with E-state index in [2.05, 4.69) is 36.2 Å².